The van der Waals surface area contributed by atoms with Crippen molar-refractivity contribution in [2.24, 2.45) is 5.41 Å². The number of carbonyl (C=O) groups excluding carboxylic acids is 1. The predicted molar refractivity (Wildman–Crippen MR) is 114 cm³/mol. The topological polar surface area (TPSA) is 54.0 Å². The van der Waals surface area contributed by atoms with E-state index in [1.807, 2.05) is 6.92 Å². The summed E-state index contributed by atoms with van der Waals surface area (Å²) in [5.74, 6) is -0.189. The molecule has 2 rings (SSSR count). The largest absolute Gasteiger partial charge is 0.466 e. The Hall–Kier alpha value is -0.693. The zero-order valence-electron chi connectivity index (χ0n) is 19.1. The quantitative estimate of drug-likeness (QED) is 0.326. The minimum atomic E-state index is -2.02. The van der Waals surface area contributed by atoms with Crippen LogP contribution >= 0.6 is 0 Å². The number of methoxy groups -OCH3 is 1. The van der Waals surface area contributed by atoms with Gasteiger partial charge in [-0.05, 0) is 44.3 Å². The van der Waals surface area contributed by atoms with Crippen LogP contribution in [0.4, 0.5) is 0 Å². The fraction of sp³-hybridized carbons (Fsp3) is 0.864. The SMILES string of the molecule is C=C1CC[C@@H](O[Si](C)(C)C(C)(C)C)[C@]2(CCC(=O)OCC)O[C@@H](OC)C[C@]12C. The predicted octanol–water partition coefficient (Wildman–Crippen LogP) is 5.21. The molecule has 1 aliphatic carbocycles. The molecule has 28 heavy (non-hydrogen) atoms. The highest BCUT2D eigenvalue weighted by Crippen LogP contribution is 2.60. The Morgan fingerprint density at radius 3 is 2.54 bits per heavy atom. The van der Waals surface area contributed by atoms with Crippen molar-refractivity contribution in [3.8, 4) is 0 Å². The molecule has 0 N–H and O–H groups in total. The van der Waals surface area contributed by atoms with E-state index in [0.717, 1.165) is 19.3 Å². The average Bonchev–Trinajstić information content (AvgIpc) is 2.90. The van der Waals surface area contributed by atoms with Gasteiger partial charge in [0.15, 0.2) is 14.6 Å². The molecule has 0 spiro atoms. The van der Waals surface area contributed by atoms with Crippen molar-refractivity contribution in [1.82, 2.24) is 0 Å². The number of hydrogen-bond acceptors (Lipinski definition) is 5. The Kier molecular flexibility index (Phi) is 6.91. The second-order valence-corrected chi connectivity index (χ2v) is 14.8. The Morgan fingerprint density at radius 2 is 2.00 bits per heavy atom. The van der Waals surface area contributed by atoms with Crippen LogP contribution in [0.5, 0.6) is 0 Å². The maximum Gasteiger partial charge on any atom is 0.305 e. The molecule has 162 valence electrons. The van der Waals surface area contributed by atoms with Crippen LogP contribution in [0.2, 0.25) is 18.1 Å². The molecule has 1 saturated carbocycles. The number of hydrogen-bond donors (Lipinski definition) is 0. The third kappa shape index (κ3) is 4.11. The first-order valence-electron chi connectivity index (χ1n) is 10.6. The fourth-order valence-electron chi connectivity index (χ4n) is 4.44. The van der Waals surface area contributed by atoms with Gasteiger partial charge in [0.1, 0.15) is 5.60 Å². The van der Waals surface area contributed by atoms with Gasteiger partial charge in [-0.1, -0.05) is 39.8 Å². The normalized spacial score (nSPS) is 33.6. The fourth-order valence-corrected chi connectivity index (χ4v) is 5.81. The lowest BCUT2D eigenvalue weighted by Gasteiger charge is -2.54. The van der Waals surface area contributed by atoms with Gasteiger partial charge in [-0.25, -0.2) is 0 Å². The molecule has 1 heterocycles. The van der Waals surface area contributed by atoms with Crippen molar-refractivity contribution in [2.45, 2.75) is 103 Å². The molecule has 2 fully saturated rings. The molecule has 0 unspecified atom stereocenters. The molecule has 5 nitrogen and oxygen atoms in total. The van der Waals surface area contributed by atoms with Crippen LogP contribution in [0, 0.1) is 5.41 Å². The summed E-state index contributed by atoms with van der Waals surface area (Å²) in [4.78, 5) is 12.2. The van der Waals surface area contributed by atoms with Gasteiger partial charge in [0, 0.05) is 25.4 Å². The number of rotatable bonds is 7. The van der Waals surface area contributed by atoms with Crippen molar-refractivity contribution in [1.29, 1.82) is 0 Å². The van der Waals surface area contributed by atoms with Crippen molar-refractivity contribution in [3.63, 3.8) is 0 Å². The van der Waals surface area contributed by atoms with Crippen molar-refractivity contribution in [3.05, 3.63) is 12.2 Å². The van der Waals surface area contributed by atoms with E-state index in [0.29, 0.717) is 19.4 Å². The molecule has 6 heteroatoms. The van der Waals surface area contributed by atoms with Gasteiger partial charge in [0.2, 0.25) is 0 Å². The maximum atomic E-state index is 12.2. The zero-order valence-corrected chi connectivity index (χ0v) is 20.1. The van der Waals surface area contributed by atoms with Crippen LogP contribution in [0.25, 0.3) is 0 Å². The highest BCUT2D eigenvalue weighted by molar-refractivity contribution is 6.74. The van der Waals surface area contributed by atoms with Crippen LogP contribution in [0.15, 0.2) is 12.2 Å². The van der Waals surface area contributed by atoms with Gasteiger partial charge in [0.25, 0.3) is 0 Å². The first-order chi connectivity index (χ1) is 12.8. The van der Waals surface area contributed by atoms with Gasteiger partial charge in [-0.3, -0.25) is 4.79 Å². The Balaban J connectivity index is 2.42. The van der Waals surface area contributed by atoms with Gasteiger partial charge >= 0.3 is 5.97 Å². The molecule has 0 bridgehead atoms. The molecular formula is C22H40O5Si. The highest BCUT2D eigenvalue weighted by atomic mass is 28.4. The number of fused-ring (bicyclic) bond motifs is 1. The molecule has 0 aromatic carbocycles. The van der Waals surface area contributed by atoms with E-state index >= 15 is 0 Å². The highest BCUT2D eigenvalue weighted by Gasteiger charge is 2.65. The summed E-state index contributed by atoms with van der Waals surface area (Å²) >= 11 is 0. The van der Waals surface area contributed by atoms with Crippen LogP contribution in [0.1, 0.15) is 66.7 Å². The summed E-state index contributed by atoms with van der Waals surface area (Å²) in [6.45, 7) is 20.1. The third-order valence-electron chi connectivity index (χ3n) is 7.37. The lowest BCUT2D eigenvalue weighted by atomic mass is 9.59. The second kappa shape index (κ2) is 8.21. The van der Waals surface area contributed by atoms with E-state index < -0.39 is 13.9 Å². The molecule has 4 atom stereocenters. The number of ether oxygens (including phenoxy) is 3. The van der Waals surface area contributed by atoms with Crippen LogP contribution in [-0.4, -0.2) is 46.0 Å². The summed E-state index contributed by atoms with van der Waals surface area (Å²) in [7, 11) is -0.347. The molecular weight excluding hydrogens is 372 g/mol. The maximum absolute atomic E-state index is 12.2. The lowest BCUT2D eigenvalue weighted by Crippen LogP contribution is -2.61. The Labute approximate surface area is 172 Å². The summed E-state index contributed by atoms with van der Waals surface area (Å²) in [5.41, 5.74) is 0.266. The first-order valence-corrected chi connectivity index (χ1v) is 13.5. The standard InChI is InChI=1S/C22H40O5Si/c1-10-25-18(23)13-14-22-17(27-28(8,9)20(3,4)5)12-11-16(2)21(22,6)15-19(24-7)26-22/h17,19H,2,10-15H2,1,3-9H3/t17-,19-,21-,22+/m1/s1. The molecule has 0 aromatic heterocycles. The molecule has 0 aromatic rings. The van der Waals surface area contributed by atoms with Gasteiger partial charge in [-0.2, -0.15) is 0 Å². The first kappa shape index (κ1) is 23.6. The van der Waals surface area contributed by atoms with E-state index in [4.69, 9.17) is 18.6 Å². The van der Waals surface area contributed by atoms with E-state index in [9.17, 15) is 4.79 Å². The van der Waals surface area contributed by atoms with Crippen molar-refractivity contribution < 1.29 is 23.4 Å². The molecule has 0 radical (unpaired) electrons. The molecule has 0 amide bonds. The third-order valence-corrected chi connectivity index (χ3v) is 11.9. The summed E-state index contributed by atoms with van der Waals surface area (Å²) in [6, 6.07) is 0. The van der Waals surface area contributed by atoms with E-state index in [-0.39, 0.29) is 28.8 Å². The van der Waals surface area contributed by atoms with Gasteiger partial charge in [0.05, 0.1) is 12.7 Å². The Morgan fingerprint density at radius 1 is 1.36 bits per heavy atom. The molecule has 1 saturated heterocycles. The minimum absolute atomic E-state index is 0.0848. The summed E-state index contributed by atoms with van der Waals surface area (Å²) in [5, 5.41) is 0.0967. The second-order valence-electron chi connectivity index (χ2n) is 10.0. The lowest BCUT2D eigenvalue weighted by molar-refractivity contribution is -0.209. The molecule has 1 aliphatic heterocycles. The van der Waals surface area contributed by atoms with Crippen LogP contribution in [0.3, 0.4) is 0 Å². The van der Waals surface area contributed by atoms with E-state index in [1.165, 1.54) is 5.57 Å². The van der Waals surface area contributed by atoms with Gasteiger partial charge in [-0.15, -0.1) is 0 Å². The number of carbonyl (C=O) groups is 1. The van der Waals surface area contributed by atoms with Crippen LogP contribution < -0.4 is 0 Å². The van der Waals surface area contributed by atoms with E-state index in [2.05, 4.69) is 47.4 Å². The Bertz CT molecular complexity index is 596. The van der Waals surface area contributed by atoms with Crippen molar-refractivity contribution >= 4 is 14.3 Å². The number of esters is 1. The van der Waals surface area contributed by atoms with Crippen LogP contribution in [-0.2, 0) is 23.4 Å². The van der Waals surface area contributed by atoms with Crippen molar-refractivity contribution in [2.75, 3.05) is 13.7 Å². The average molecular weight is 413 g/mol. The summed E-state index contributed by atoms with van der Waals surface area (Å²) in [6.07, 6.45) is 2.98. The van der Waals surface area contributed by atoms with Gasteiger partial charge < -0.3 is 18.6 Å². The monoisotopic (exact) mass is 412 g/mol. The minimum Gasteiger partial charge on any atom is -0.466 e. The zero-order chi connectivity index (χ0) is 21.4. The summed E-state index contributed by atoms with van der Waals surface area (Å²) < 4.78 is 24.3. The molecule has 2 aliphatic rings. The smallest absolute Gasteiger partial charge is 0.305 e. The van der Waals surface area contributed by atoms with E-state index in [1.54, 1.807) is 7.11 Å².